The highest BCUT2D eigenvalue weighted by atomic mass is 32.2. The van der Waals surface area contributed by atoms with E-state index in [9.17, 15) is 4.79 Å². The van der Waals surface area contributed by atoms with Gasteiger partial charge in [-0.25, -0.2) is 9.67 Å². The molecular formula is C17H15N5OS. The number of carbonyl (C=O) groups excluding carboxylic acids is 1. The highest BCUT2D eigenvalue weighted by Crippen LogP contribution is 2.39. The molecule has 3 aromatic rings. The molecule has 120 valence electrons. The van der Waals surface area contributed by atoms with Crippen LogP contribution in [0.15, 0.2) is 60.0 Å². The Hall–Kier alpha value is -2.67. The molecule has 1 amide bonds. The number of hydrogen-bond donors (Lipinski definition) is 1. The first-order valence-electron chi connectivity index (χ1n) is 7.60. The van der Waals surface area contributed by atoms with Crippen molar-refractivity contribution >= 4 is 23.6 Å². The van der Waals surface area contributed by atoms with Gasteiger partial charge in [0.05, 0.1) is 12.5 Å². The predicted molar refractivity (Wildman–Crippen MR) is 91.9 cm³/mol. The Morgan fingerprint density at radius 2 is 2.21 bits per heavy atom. The van der Waals surface area contributed by atoms with Crippen molar-refractivity contribution in [2.75, 3.05) is 11.1 Å². The number of amides is 1. The van der Waals surface area contributed by atoms with E-state index in [0.29, 0.717) is 12.5 Å². The van der Waals surface area contributed by atoms with Crippen LogP contribution in [-0.2, 0) is 11.3 Å². The van der Waals surface area contributed by atoms with Crippen molar-refractivity contribution in [3.63, 3.8) is 0 Å². The molecule has 0 aliphatic carbocycles. The van der Waals surface area contributed by atoms with Crippen LogP contribution in [0.5, 0.6) is 0 Å². The van der Waals surface area contributed by atoms with Crippen molar-refractivity contribution in [2.45, 2.75) is 17.4 Å². The van der Waals surface area contributed by atoms with E-state index in [2.05, 4.69) is 20.4 Å². The molecule has 1 aromatic carbocycles. The minimum absolute atomic E-state index is 0.0634. The second kappa shape index (κ2) is 6.45. The van der Waals surface area contributed by atoms with Crippen molar-refractivity contribution in [2.24, 2.45) is 0 Å². The van der Waals surface area contributed by atoms with E-state index in [1.165, 1.54) is 4.90 Å². The van der Waals surface area contributed by atoms with Gasteiger partial charge in [-0.05, 0) is 23.3 Å². The summed E-state index contributed by atoms with van der Waals surface area (Å²) in [6.07, 6.45) is 5.13. The van der Waals surface area contributed by atoms with Crippen molar-refractivity contribution in [1.29, 1.82) is 0 Å². The molecule has 4 rings (SSSR count). The van der Waals surface area contributed by atoms with Crippen LogP contribution in [-0.4, -0.2) is 31.4 Å². The lowest BCUT2D eigenvalue weighted by Crippen LogP contribution is -2.21. The van der Waals surface area contributed by atoms with Gasteiger partial charge < -0.3 is 0 Å². The molecular weight excluding hydrogens is 322 g/mol. The van der Waals surface area contributed by atoms with E-state index in [1.54, 1.807) is 35.2 Å². The first-order chi connectivity index (χ1) is 11.8. The van der Waals surface area contributed by atoms with E-state index in [0.717, 1.165) is 16.9 Å². The van der Waals surface area contributed by atoms with Crippen LogP contribution in [0.1, 0.15) is 17.0 Å². The molecule has 0 fully saturated rings. The van der Waals surface area contributed by atoms with Gasteiger partial charge in [0.1, 0.15) is 6.33 Å². The third kappa shape index (κ3) is 3.03. The minimum atomic E-state index is -0.156. The van der Waals surface area contributed by atoms with E-state index in [1.807, 2.05) is 36.4 Å². The summed E-state index contributed by atoms with van der Waals surface area (Å²) in [5.74, 6) is 0.864. The molecule has 3 heterocycles. The zero-order valence-electron chi connectivity index (χ0n) is 12.8. The lowest BCUT2D eigenvalue weighted by atomic mass is 10.0. The Balaban J connectivity index is 1.44. The first-order valence-corrected chi connectivity index (χ1v) is 8.59. The molecule has 7 heteroatoms. The number of hydrogen-bond acceptors (Lipinski definition) is 5. The first kappa shape index (κ1) is 14.9. The maximum Gasteiger partial charge on any atom is 0.248 e. The average Bonchev–Trinajstić information content (AvgIpc) is 3.22. The fourth-order valence-corrected chi connectivity index (χ4v) is 3.91. The standard InChI is InChI=1S/C17H15N5OS/c23-16(14-10-24-15-6-2-1-5-13(14)15)20-17-19-11-22(21-17)9-12-4-3-7-18-8-12/h1-8,11,14H,9-10H2,(H,20,21,23)/t14-/m0/s1. The molecule has 1 aliphatic rings. The summed E-state index contributed by atoms with van der Waals surface area (Å²) in [4.78, 5) is 21.9. The smallest absolute Gasteiger partial charge is 0.248 e. The topological polar surface area (TPSA) is 72.7 Å². The normalized spacial score (nSPS) is 15.9. The fourth-order valence-electron chi connectivity index (χ4n) is 2.68. The summed E-state index contributed by atoms with van der Waals surface area (Å²) in [5.41, 5.74) is 2.11. The largest absolute Gasteiger partial charge is 0.293 e. The van der Waals surface area contributed by atoms with Crippen LogP contribution >= 0.6 is 11.8 Å². The highest BCUT2D eigenvalue weighted by molar-refractivity contribution is 7.99. The molecule has 0 saturated carbocycles. The molecule has 0 saturated heterocycles. The van der Waals surface area contributed by atoms with Crippen molar-refractivity contribution < 1.29 is 4.79 Å². The number of pyridine rings is 1. The van der Waals surface area contributed by atoms with Crippen LogP contribution in [0.2, 0.25) is 0 Å². The van der Waals surface area contributed by atoms with Gasteiger partial charge in [-0.2, -0.15) is 0 Å². The van der Waals surface area contributed by atoms with E-state index < -0.39 is 0 Å². The van der Waals surface area contributed by atoms with E-state index in [4.69, 9.17) is 0 Å². The third-order valence-corrected chi connectivity index (χ3v) is 5.04. The SMILES string of the molecule is O=C(Nc1ncn(Cc2cccnc2)n1)[C@H]1CSc2ccccc21. The van der Waals surface area contributed by atoms with Gasteiger partial charge in [0.25, 0.3) is 0 Å². The quantitative estimate of drug-likeness (QED) is 0.792. The lowest BCUT2D eigenvalue weighted by molar-refractivity contribution is -0.117. The molecule has 0 bridgehead atoms. The maximum absolute atomic E-state index is 12.5. The maximum atomic E-state index is 12.5. The van der Waals surface area contributed by atoms with E-state index in [-0.39, 0.29) is 11.8 Å². The highest BCUT2D eigenvalue weighted by Gasteiger charge is 2.29. The van der Waals surface area contributed by atoms with Gasteiger partial charge in [0.15, 0.2) is 0 Å². The number of rotatable bonds is 4. The monoisotopic (exact) mass is 337 g/mol. The molecule has 1 atom stereocenters. The number of benzene rings is 1. The molecule has 1 N–H and O–H groups in total. The molecule has 0 radical (unpaired) electrons. The second-order valence-corrected chi connectivity index (χ2v) is 6.58. The summed E-state index contributed by atoms with van der Waals surface area (Å²) < 4.78 is 1.68. The Bertz CT molecular complexity index is 864. The number of aromatic nitrogens is 4. The summed E-state index contributed by atoms with van der Waals surface area (Å²) in [6.45, 7) is 0.568. The summed E-state index contributed by atoms with van der Waals surface area (Å²) in [5, 5.41) is 7.13. The zero-order valence-corrected chi connectivity index (χ0v) is 13.6. The molecule has 0 unspecified atom stereocenters. The summed E-state index contributed by atoms with van der Waals surface area (Å²) >= 11 is 1.71. The van der Waals surface area contributed by atoms with E-state index >= 15 is 0 Å². The predicted octanol–water partition coefficient (Wildman–Crippen LogP) is 2.55. The number of thioether (sulfide) groups is 1. The second-order valence-electron chi connectivity index (χ2n) is 5.52. The molecule has 0 spiro atoms. The minimum Gasteiger partial charge on any atom is -0.293 e. The van der Waals surface area contributed by atoms with Crippen LogP contribution in [0.3, 0.4) is 0 Å². The Morgan fingerprint density at radius 3 is 3.08 bits per heavy atom. The van der Waals surface area contributed by atoms with Gasteiger partial charge in [-0.1, -0.05) is 24.3 Å². The van der Waals surface area contributed by atoms with Gasteiger partial charge in [0.2, 0.25) is 11.9 Å². The Kier molecular flexibility index (Phi) is 4.00. The van der Waals surface area contributed by atoms with Crippen molar-refractivity contribution in [3.8, 4) is 0 Å². The van der Waals surface area contributed by atoms with Gasteiger partial charge >= 0.3 is 0 Å². The van der Waals surface area contributed by atoms with Gasteiger partial charge in [-0.15, -0.1) is 16.9 Å². The molecule has 6 nitrogen and oxygen atoms in total. The molecule has 24 heavy (non-hydrogen) atoms. The zero-order chi connectivity index (χ0) is 16.4. The Labute approximate surface area is 143 Å². The van der Waals surface area contributed by atoms with Crippen molar-refractivity contribution in [1.82, 2.24) is 19.7 Å². The molecule has 2 aromatic heterocycles. The van der Waals surface area contributed by atoms with Crippen LogP contribution in [0.25, 0.3) is 0 Å². The summed E-state index contributed by atoms with van der Waals surface area (Å²) in [6, 6.07) is 11.9. The number of nitrogens with zero attached hydrogens (tertiary/aromatic N) is 4. The van der Waals surface area contributed by atoms with Crippen LogP contribution in [0, 0.1) is 0 Å². The number of anilines is 1. The lowest BCUT2D eigenvalue weighted by Gasteiger charge is -2.09. The van der Waals surface area contributed by atoms with Gasteiger partial charge in [0, 0.05) is 23.0 Å². The number of nitrogens with one attached hydrogen (secondary N) is 1. The average molecular weight is 337 g/mol. The number of fused-ring (bicyclic) bond motifs is 1. The third-order valence-electron chi connectivity index (χ3n) is 3.86. The molecule has 1 aliphatic heterocycles. The number of carbonyl (C=O) groups is 1. The van der Waals surface area contributed by atoms with Crippen LogP contribution in [0.4, 0.5) is 5.95 Å². The Morgan fingerprint density at radius 1 is 1.29 bits per heavy atom. The van der Waals surface area contributed by atoms with Crippen LogP contribution < -0.4 is 5.32 Å². The summed E-state index contributed by atoms with van der Waals surface area (Å²) in [7, 11) is 0. The van der Waals surface area contributed by atoms with Gasteiger partial charge in [-0.3, -0.25) is 15.1 Å². The van der Waals surface area contributed by atoms with Crippen molar-refractivity contribution in [3.05, 3.63) is 66.2 Å². The fraction of sp³-hybridized carbons (Fsp3) is 0.176.